The third-order valence-electron chi connectivity index (χ3n) is 2.71. The molecular formula is C13H14FN. The van der Waals surface area contributed by atoms with Gasteiger partial charge >= 0.3 is 0 Å². The summed E-state index contributed by atoms with van der Waals surface area (Å²) >= 11 is 0. The summed E-state index contributed by atoms with van der Waals surface area (Å²) in [6.07, 6.45) is 1.71. The first-order chi connectivity index (χ1) is 7.11. The fraction of sp³-hybridized carbons (Fsp3) is 0.308. The zero-order valence-electron chi connectivity index (χ0n) is 9.21. The molecule has 0 N–H and O–H groups in total. The standard InChI is InChI=1S/C13H14FN/c1-8(2)11-5-4-10-6-7-15-9(3)12(10)13(11)14/h4-8H,1-3H3. The van der Waals surface area contributed by atoms with E-state index in [9.17, 15) is 4.39 Å². The highest BCUT2D eigenvalue weighted by molar-refractivity contribution is 5.85. The van der Waals surface area contributed by atoms with Crippen LogP contribution in [-0.2, 0) is 0 Å². The quantitative estimate of drug-likeness (QED) is 0.686. The lowest BCUT2D eigenvalue weighted by Crippen LogP contribution is -1.96. The Bertz CT molecular complexity index is 503. The summed E-state index contributed by atoms with van der Waals surface area (Å²) in [6.45, 7) is 5.83. The fourth-order valence-corrected chi connectivity index (χ4v) is 1.85. The van der Waals surface area contributed by atoms with Gasteiger partial charge in [0, 0.05) is 17.3 Å². The molecule has 2 heteroatoms. The molecule has 1 nitrogen and oxygen atoms in total. The fourth-order valence-electron chi connectivity index (χ4n) is 1.85. The molecule has 78 valence electrons. The summed E-state index contributed by atoms with van der Waals surface area (Å²) < 4.78 is 14.1. The van der Waals surface area contributed by atoms with Crippen LogP contribution in [0.25, 0.3) is 10.8 Å². The van der Waals surface area contributed by atoms with Crippen LogP contribution in [0, 0.1) is 12.7 Å². The molecule has 0 aliphatic rings. The van der Waals surface area contributed by atoms with Gasteiger partial charge in [0.05, 0.1) is 0 Å². The Hall–Kier alpha value is -1.44. The van der Waals surface area contributed by atoms with Crippen molar-refractivity contribution >= 4 is 10.8 Å². The molecule has 0 radical (unpaired) electrons. The molecule has 2 aromatic rings. The third-order valence-corrected chi connectivity index (χ3v) is 2.71. The molecule has 1 aromatic carbocycles. The van der Waals surface area contributed by atoms with Crippen molar-refractivity contribution in [2.45, 2.75) is 26.7 Å². The molecule has 15 heavy (non-hydrogen) atoms. The average molecular weight is 203 g/mol. The van der Waals surface area contributed by atoms with E-state index in [4.69, 9.17) is 0 Å². The van der Waals surface area contributed by atoms with Crippen LogP contribution in [0.15, 0.2) is 24.4 Å². The van der Waals surface area contributed by atoms with Crippen molar-refractivity contribution < 1.29 is 4.39 Å². The lowest BCUT2D eigenvalue weighted by Gasteiger charge is -2.10. The van der Waals surface area contributed by atoms with Crippen LogP contribution in [0.2, 0.25) is 0 Å². The van der Waals surface area contributed by atoms with E-state index >= 15 is 0 Å². The summed E-state index contributed by atoms with van der Waals surface area (Å²) in [5.41, 5.74) is 1.52. The Balaban J connectivity index is 2.83. The molecule has 1 heterocycles. The van der Waals surface area contributed by atoms with Crippen LogP contribution in [0.1, 0.15) is 31.0 Å². The largest absolute Gasteiger partial charge is 0.261 e. The number of pyridine rings is 1. The van der Waals surface area contributed by atoms with Crippen LogP contribution < -0.4 is 0 Å². The molecule has 0 spiro atoms. The minimum absolute atomic E-state index is 0.117. The van der Waals surface area contributed by atoms with Crippen molar-refractivity contribution in [1.82, 2.24) is 4.98 Å². The van der Waals surface area contributed by atoms with Gasteiger partial charge in [-0.15, -0.1) is 0 Å². The highest BCUT2D eigenvalue weighted by Gasteiger charge is 2.11. The van der Waals surface area contributed by atoms with Gasteiger partial charge in [-0.05, 0) is 29.9 Å². The van der Waals surface area contributed by atoms with Crippen LogP contribution in [-0.4, -0.2) is 4.98 Å². The second kappa shape index (κ2) is 3.61. The van der Waals surface area contributed by atoms with Gasteiger partial charge in [-0.25, -0.2) is 4.39 Å². The van der Waals surface area contributed by atoms with Gasteiger partial charge < -0.3 is 0 Å². The monoisotopic (exact) mass is 203 g/mol. The molecule has 0 aliphatic carbocycles. The van der Waals surface area contributed by atoms with Crippen molar-refractivity contribution in [1.29, 1.82) is 0 Å². The topological polar surface area (TPSA) is 12.9 Å². The van der Waals surface area contributed by atoms with Gasteiger partial charge in [0.15, 0.2) is 0 Å². The zero-order chi connectivity index (χ0) is 11.0. The number of nitrogens with zero attached hydrogens (tertiary/aromatic N) is 1. The molecule has 0 saturated carbocycles. The van der Waals surface area contributed by atoms with Gasteiger partial charge in [0.25, 0.3) is 0 Å². The van der Waals surface area contributed by atoms with E-state index in [1.165, 1.54) is 0 Å². The minimum atomic E-state index is -0.117. The number of aromatic nitrogens is 1. The SMILES string of the molecule is Cc1nccc2ccc(C(C)C)c(F)c12. The van der Waals surface area contributed by atoms with E-state index in [0.29, 0.717) is 5.39 Å². The number of aryl methyl sites for hydroxylation is 1. The number of rotatable bonds is 1. The van der Waals surface area contributed by atoms with Gasteiger partial charge in [-0.2, -0.15) is 0 Å². The van der Waals surface area contributed by atoms with Crippen LogP contribution in [0.4, 0.5) is 4.39 Å². The lowest BCUT2D eigenvalue weighted by molar-refractivity contribution is 0.609. The second-order valence-electron chi connectivity index (χ2n) is 4.12. The maximum Gasteiger partial charge on any atom is 0.136 e. The number of hydrogen-bond acceptors (Lipinski definition) is 1. The van der Waals surface area contributed by atoms with Crippen LogP contribution >= 0.6 is 0 Å². The summed E-state index contributed by atoms with van der Waals surface area (Å²) in [5, 5.41) is 1.58. The Morgan fingerprint density at radius 3 is 2.60 bits per heavy atom. The molecule has 0 saturated heterocycles. The molecule has 0 unspecified atom stereocenters. The number of benzene rings is 1. The molecule has 0 bridgehead atoms. The second-order valence-corrected chi connectivity index (χ2v) is 4.12. The Kier molecular flexibility index (Phi) is 2.43. The third kappa shape index (κ3) is 1.60. The van der Waals surface area contributed by atoms with Crippen molar-refractivity contribution in [2.24, 2.45) is 0 Å². The number of hydrogen-bond donors (Lipinski definition) is 0. The molecular weight excluding hydrogens is 189 g/mol. The minimum Gasteiger partial charge on any atom is -0.261 e. The van der Waals surface area contributed by atoms with Crippen molar-refractivity contribution in [3.8, 4) is 0 Å². The van der Waals surface area contributed by atoms with Gasteiger partial charge in [0.1, 0.15) is 5.82 Å². The van der Waals surface area contributed by atoms with Gasteiger partial charge in [-0.1, -0.05) is 26.0 Å². The normalized spacial score (nSPS) is 11.3. The first-order valence-electron chi connectivity index (χ1n) is 5.15. The Morgan fingerprint density at radius 2 is 1.93 bits per heavy atom. The lowest BCUT2D eigenvalue weighted by atomic mass is 9.98. The van der Waals surface area contributed by atoms with Crippen LogP contribution in [0.3, 0.4) is 0 Å². The molecule has 0 fully saturated rings. The van der Waals surface area contributed by atoms with Crippen molar-refractivity contribution in [3.05, 3.63) is 41.5 Å². The maximum absolute atomic E-state index is 14.1. The van der Waals surface area contributed by atoms with Crippen molar-refractivity contribution in [3.63, 3.8) is 0 Å². The summed E-state index contributed by atoms with van der Waals surface area (Å²) in [6, 6.07) is 5.67. The maximum atomic E-state index is 14.1. The predicted octanol–water partition coefficient (Wildman–Crippen LogP) is 3.81. The van der Waals surface area contributed by atoms with Gasteiger partial charge in [0.2, 0.25) is 0 Å². The van der Waals surface area contributed by atoms with E-state index in [0.717, 1.165) is 16.6 Å². The van der Waals surface area contributed by atoms with E-state index < -0.39 is 0 Å². The van der Waals surface area contributed by atoms with E-state index in [1.54, 1.807) is 6.20 Å². The molecule has 0 amide bonds. The first kappa shape index (κ1) is 10.1. The van der Waals surface area contributed by atoms with E-state index in [2.05, 4.69) is 4.98 Å². The highest BCUT2D eigenvalue weighted by Crippen LogP contribution is 2.27. The van der Waals surface area contributed by atoms with E-state index in [1.807, 2.05) is 39.0 Å². The zero-order valence-corrected chi connectivity index (χ0v) is 9.21. The summed E-state index contributed by atoms with van der Waals surface area (Å²) in [7, 11) is 0. The molecule has 2 rings (SSSR count). The smallest absolute Gasteiger partial charge is 0.136 e. The van der Waals surface area contributed by atoms with E-state index in [-0.39, 0.29) is 11.7 Å². The predicted molar refractivity (Wildman–Crippen MR) is 60.5 cm³/mol. The Labute approximate surface area is 89.0 Å². The summed E-state index contributed by atoms with van der Waals surface area (Å²) in [5.74, 6) is 0.0853. The summed E-state index contributed by atoms with van der Waals surface area (Å²) in [4.78, 5) is 4.13. The van der Waals surface area contributed by atoms with Crippen molar-refractivity contribution in [2.75, 3.05) is 0 Å². The average Bonchev–Trinajstić information content (AvgIpc) is 2.17. The molecule has 0 aliphatic heterocycles. The highest BCUT2D eigenvalue weighted by atomic mass is 19.1. The van der Waals surface area contributed by atoms with Gasteiger partial charge in [-0.3, -0.25) is 4.98 Å². The van der Waals surface area contributed by atoms with Crippen LogP contribution in [0.5, 0.6) is 0 Å². The number of halogens is 1. The number of fused-ring (bicyclic) bond motifs is 1. The Morgan fingerprint density at radius 1 is 1.20 bits per heavy atom. The molecule has 1 aromatic heterocycles. The first-order valence-corrected chi connectivity index (χ1v) is 5.15. The molecule has 0 atom stereocenters.